The van der Waals surface area contributed by atoms with E-state index in [2.05, 4.69) is 5.32 Å². The SMILES string of the molecule is Fc1ccccc1C1CC(Nc2c(F)cccc2F)C1. The van der Waals surface area contributed by atoms with Gasteiger partial charge >= 0.3 is 0 Å². The van der Waals surface area contributed by atoms with Crippen LogP contribution in [-0.2, 0) is 0 Å². The van der Waals surface area contributed by atoms with Crippen LogP contribution in [0.2, 0.25) is 0 Å². The standard InChI is InChI=1S/C16H14F3N/c17-13-5-2-1-4-12(13)10-8-11(9-10)20-16-14(18)6-3-7-15(16)19/h1-7,10-11,20H,8-9H2. The van der Waals surface area contributed by atoms with Crippen LogP contribution < -0.4 is 5.32 Å². The average molecular weight is 277 g/mol. The van der Waals surface area contributed by atoms with Crippen molar-refractivity contribution in [2.45, 2.75) is 24.8 Å². The molecule has 0 spiro atoms. The Labute approximate surface area is 115 Å². The van der Waals surface area contributed by atoms with Gasteiger partial charge in [0, 0.05) is 6.04 Å². The molecule has 0 radical (unpaired) electrons. The topological polar surface area (TPSA) is 12.0 Å². The number of hydrogen-bond acceptors (Lipinski definition) is 1. The molecule has 0 unspecified atom stereocenters. The van der Waals surface area contributed by atoms with Crippen molar-refractivity contribution in [3.05, 3.63) is 65.5 Å². The Balaban J connectivity index is 1.66. The fraction of sp³-hybridized carbons (Fsp3) is 0.250. The molecule has 0 saturated heterocycles. The number of para-hydroxylation sites is 1. The lowest BCUT2D eigenvalue weighted by atomic mass is 9.75. The second-order valence-corrected chi connectivity index (χ2v) is 5.13. The van der Waals surface area contributed by atoms with Gasteiger partial charge in [-0.3, -0.25) is 0 Å². The largest absolute Gasteiger partial charge is 0.378 e. The zero-order valence-corrected chi connectivity index (χ0v) is 10.7. The Kier molecular flexibility index (Phi) is 3.38. The number of anilines is 1. The van der Waals surface area contributed by atoms with Gasteiger partial charge in [-0.25, -0.2) is 13.2 Å². The summed E-state index contributed by atoms with van der Waals surface area (Å²) in [7, 11) is 0. The molecule has 0 amide bonds. The summed E-state index contributed by atoms with van der Waals surface area (Å²) in [6.07, 6.45) is 1.35. The third kappa shape index (κ3) is 2.38. The normalized spacial score (nSPS) is 21.4. The molecule has 20 heavy (non-hydrogen) atoms. The molecule has 0 atom stereocenters. The fourth-order valence-corrected chi connectivity index (χ4v) is 2.64. The molecule has 0 bridgehead atoms. The molecule has 1 fully saturated rings. The van der Waals surface area contributed by atoms with Gasteiger partial charge in [-0.05, 0) is 42.5 Å². The first-order valence-electron chi connectivity index (χ1n) is 6.60. The van der Waals surface area contributed by atoms with E-state index >= 15 is 0 Å². The van der Waals surface area contributed by atoms with Gasteiger partial charge in [-0.2, -0.15) is 0 Å². The van der Waals surface area contributed by atoms with Gasteiger partial charge in [-0.15, -0.1) is 0 Å². The lowest BCUT2D eigenvalue weighted by molar-refractivity contribution is 0.361. The zero-order valence-electron chi connectivity index (χ0n) is 10.7. The van der Waals surface area contributed by atoms with E-state index in [0.717, 1.165) is 0 Å². The molecular formula is C16H14F3N. The number of nitrogens with one attached hydrogen (secondary N) is 1. The number of benzene rings is 2. The van der Waals surface area contributed by atoms with Gasteiger partial charge in [0.05, 0.1) is 0 Å². The van der Waals surface area contributed by atoms with E-state index in [1.54, 1.807) is 18.2 Å². The average Bonchev–Trinajstić information content (AvgIpc) is 2.37. The van der Waals surface area contributed by atoms with Crippen molar-refractivity contribution in [2.75, 3.05) is 5.32 Å². The quantitative estimate of drug-likeness (QED) is 0.873. The molecule has 104 valence electrons. The van der Waals surface area contributed by atoms with Gasteiger partial charge in [0.25, 0.3) is 0 Å². The summed E-state index contributed by atoms with van der Waals surface area (Å²) < 4.78 is 40.6. The first-order chi connectivity index (χ1) is 9.65. The Morgan fingerprint density at radius 3 is 2.05 bits per heavy atom. The molecule has 0 aliphatic heterocycles. The Morgan fingerprint density at radius 1 is 0.800 bits per heavy atom. The first kappa shape index (κ1) is 13.0. The van der Waals surface area contributed by atoms with Gasteiger partial charge in [0.2, 0.25) is 0 Å². The molecule has 3 rings (SSSR count). The number of hydrogen-bond donors (Lipinski definition) is 1. The van der Waals surface area contributed by atoms with Crippen LogP contribution in [-0.4, -0.2) is 6.04 Å². The third-order valence-corrected chi connectivity index (χ3v) is 3.79. The second kappa shape index (κ2) is 5.19. The minimum Gasteiger partial charge on any atom is -0.378 e. The maximum atomic E-state index is 13.6. The van der Waals surface area contributed by atoms with Crippen LogP contribution in [0.25, 0.3) is 0 Å². The summed E-state index contributed by atoms with van der Waals surface area (Å²) >= 11 is 0. The highest BCUT2D eigenvalue weighted by Crippen LogP contribution is 2.40. The van der Waals surface area contributed by atoms with Crippen LogP contribution in [0.3, 0.4) is 0 Å². The summed E-state index contributed by atoms with van der Waals surface area (Å²) in [6.45, 7) is 0. The summed E-state index contributed by atoms with van der Waals surface area (Å²) in [5.41, 5.74) is 0.587. The van der Waals surface area contributed by atoms with Gasteiger partial charge in [0.15, 0.2) is 0 Å². The summed E-state index contributed by atoms with van der Waals surface area (Å²) in [5.74, 6) is -1.30. The predicted octanol–water partition coefficient (Wildman–Crippen LogP) is 4.46. The first-order valence-corrected chi connectivity index (χ1v) is 6.60. The second-order valence-electron chi connectivity index (χ2n) is 5.13. The third-order valence-electron chi connectivity index (χ3n) is 3.79. The highest BCUT2D eigenvalue weighted by atomic mass is 19.1. The van der Waals surface area contributed by atoms with Crippen LogP contribution in [0.5, 0.6) is 0 Å². The van der Waals surface area contributed by atoms with Crippen LogP contribution in [0, 0.1) is 17.5 Å². The van der Waals surface area contributed by atoms with Gasteiger partial charge in [0.1, 0.15) is 23.1 Å². The summed E-state index contributed by atoms with van der Waals surface area (Å²) in [6, 6.07) is 10.4. The molecule has 1 aliphatic carbocycles. The molecule has 1 nitrogen and oxygen atoms in total. The Hall–Kier alpha value is -1.97. The van der Waals surface area contributed by atoms with Crippen LogP contribution in [0.15, 0.2) is 42.5 Å². The van der Waals surface area contributed by atoms with E-state index in [-0.39, 0.29) is 23.5 Å². The van der Waals surface area contributed by atoms with E-state index in [0.29, 0.717) is 18.4 Å². The number of rotatable bonds is 3. The molecule has 1 N–H and O–H groups in total. The highest BCUT2D eigenvalue weighted by Gasteiger charge is 2.32. The summed E-state index contributed by atoms with van der Waals surface area (Å²) in [4.78, 5) is 0. The molecule has 2 aromatic carbocycles. The van der Waals surface area contributed by atoms with Crippen LogP contribution in [0.4, 0.5) is 18.9 Å². The molecule has 0 heterocycles. The fourth-order valence-electron chi connectivity index (χ4n) is 2.64. The minimum atomic E-state index is -0.598. The van der Waals surface area contributed by atoms with E-state index in [9.17, 15) is 13.2 Å². The maximum absolute atomic E-state index is 13.6. The summed E-state index contributed by atoms with van der Waals surface area (Å²) in [5, 5.41) is 2.86. The van der Waals surface area contributed by atoms with E-state index in [1.807, 2.05) is 0 Å². The Morgan fingerprint density at radius 2 is 1.40 bits per heavy atom. The highest BCUT2D eigenvalue weighted by molar-refractivity contribution is 5.47. The smallest absolute Gasteiger partial charge is 0.149 e. The molecule has 2 aromatic rings. The zero-order chi connectivity index (χ0) is 14.1. The molecule has 1 aliphatic rings. The van der Waals surface area contributed by atoms with E-state index in [4.69, 9.17) is 0 Å². The van der Waals surface area contributed by atoms with Crippen molar-refractivity contribution in [1.82, 2.24) is 0 Å². The van der Waals surface area contributed by atoms with Gasteiger partial charge in [-0.1, -0.05) is 24.3 Å². The van der Waals surface area contributed by atoms with Crippen molar-refractivity contribution < 1.29 is 13.2 Å². The molecule has 1 saturated carbocycles. The van der Waals surface area contributed by atoms with E-state index in [1.165, 1.54) is 24.3 Å². The monoisotopic (exact) mass is 277 g/mol. The van der Waals surface area contributed by atoms with Crippen LogP contribution in [0.1, 0.15) is 24.3 Å². The molecule has 4 heteroatoms. The van der Waals surface area contributed by atoms with Crippen molar-refractivity contribution >= 4 is 5.69 Å². The molecule has 0 aromatic heterocycles. The van der Waals surface area contributed by atoms with Crippen LogP contribution >= 0.6 is 0 Å². The van der Waals surface area contributed by atoms with Gasteiger partial charge < -0.3 is 5.32 Å². The van der Waals surface area contributed by atoms with Crippen molar-refractivity contribution in [3.63, 3.8) is 0 Å². The molecular weight excluding hydrogens is 263 g/mol. The Bertz CT molecular complexity index is 601. The minimum absolute atomic E-state index is 0.0222. The lowest BCUT2D eigenvalue weighted by Gasteiger charge is -2.37. The number of halogens is 3. The van der Waals surface area contributed by atoms with Crippen molar-refractivity contribution in [1.29, 1.82) is 0 Å². The predicted molar refractivity (Wildman–Crippen MR) is 72.1 cm³/mol. The van der Waals surface area contributed by atoms with Crippen molar-refractivity contribution in [3.8, 4) is 0 Å². The maximum Gasteiger partial charge on any atom is 0.149 e. The van der Waals surface area contributed by atoms with E-state index < -0.39 is 11.6 Å². The van der Waals surface area contributed by atoms with Crippen molar-refractivity contribution in [2.24, 2.45) is 0 Å². The lowest BCUT2D eigenvalue weighted by Crippen LogP contribution is -2.35.